The molecule has 2 N–H and O–H groups in total. The number of hydrogen-bond donors (Lipinski definition) is 2. The number of hydrogen-bond acceptors (Lipinski definition) is 2. The molecule has 0 bridgehead atoms. The Morgan fingerprint density at radius 1 is 1.26 bits per heavy atom. The zero-order valence-corrected chi connectivity index (χ0v) is 11.5. The molecule has 0 aromatic heterocycles. The molecule has 1 aliphatic heterocycles. The average Bonchev–Trinajstić information content (AvgIpc) is 2.83. The first kappa shape index (κ1) is 12.5. The van der Waals surface area contributed by atoms with Gasteiger partial charge in [-0.1, -0.05) is 37.5 Å². The van der Waals surface area contributed by atoms with Crippen LogP contribution in [-0.2, 0) is 4.79 Å². The number of carbonyl (C=O) groups excluding carboxylic acids is 1. The summed E-state index contributed by atoms with van der Waals surface area (Å²) in [6, 6.07) is 8.12. The third-order valence-electron chi connectivity index (χ3n) is 4.53. The van der Waals surface area contributed by atoms with Crippen molar-refractivity contribution in [3.63, 3.8) is 0 Å². The first-order valence-electron chi connectivity index (χ1n) is 7.33. The SMILES string of the molecule is CC1(NC(=O)C2CNc3ccccc32)CCCCC1. The quantitative estimate of drug-likeness (QED) is 0.856. The number of rotatable bonds is 2. The predicted octanol–water partition coefficient (Wildman–Crippen LogP) is 3.03. The Hall–Kier alpha value is -1.51. The molecule has 1 unspecified atom stereocenters. The van der Waals surface area contributed by atoms with Crippen LogP contribution >= 0.6 is 0 Å². The standard InChI is InChI=1S/C16H22N2O/c1-16(9-5-2-6-10-16)18-15(19)13-11-17-14-8-4-3-7-12(13)14/h3-4,7-8,13,17H,2,5-6,9-11H2,1H3,(H,18,19). The molecule has 1 aromatic rings. The highest BCUT2D eigenvalue weighted by molar-refractivity contribution is 5.88. The lowest BCUT2D eigenvalue weighted by atomic mass is 9.83. The molecule has 102 valence electrons. The van der Waals surface area contributed by atoms with Gasteiger partial charge in [0, 0.05) is 17.8 Å². The monoisotopic (exact) mass is 258 g/mol. The highest BCUT2D eigenvalue weighted by Crippen LogP contribution is 2.33. The molecule has 1 fully saturated rings. The van der Waals surface area contributed by atoms with E-state index in [1.54, 1.807) is 0 Å². The normalized spacial score (nSPS) is 24.4. The lowest BCUT2D eigenvalue weighted by Crippen LogP contribution is -2.49. The molecule has 0 saturated heterocycles. The second kappa shape index (κ2) is 4.87. The molecular weight excluding hydrogens is 236 g/mol. The molecule has 2 aliphatic rings. The third-order valence-corrected chi connectivity index (χ3v) is 4.53. The van der Waals surface area contributed by atoms with Gasteiger partial charge in [-0.15, -0.1) is 0 Å². The highest BCUT2D eigenvalue weighted by atomic mass is 16.2. The molecule has 1 amide bonds. The lowest BCUT2D eigenvalue weighted by molar-refractivity contribution is -0.124. The summed E-state index contributed by atoms with van der Waals surface area (Å²) in [6.07, 6.45) is 5.99. The zero-order chi connectivity index (χ0) is 13.3. The van der Waals surface area contributed by atoms with Gasteiger partial charge in [0.15, 0.2) is 0 Å². The second-order valence-electron chi connectivity index (χ2n) is 6.13. The van der Waals surface area contributed by atoms with Crippen molar-refractivity contribution in [2.24, 2.45) is 0 Å². The molecule has 1 heterocycles. The van der Waals surface area contributed by atoms with Crippen LogP contribution in [0.2, 0.25) is 0 Å². The van der Waals surface area contributed by atoms with Crippen molar-refractivity contribution >= 4 is 11.6 Å². The van der Waals surface area contributed by atoms with Crippen LogP contribution in [0.15, 0.2) is 24.3 Å². The predicted molar refractivity (Wildman–Crippen MR) is 77.3 cm³/mol. The summed E-state index contributed by atoms with van der Waals surface area (Å²) in [5, 5.41) is 6.62. The van der Waals surface area contributed by atoms with Crippen LogP contribution in [0, 0.1) is 0 Å². The van der Waals surface area contributed by atoms with E-state index in [0.717, 1.165) is 30.6 Å². The summed E-state index contributed by atoms with van der Waals surface area (Å²) in [5.41, 5.74) is 2.25. The number of carbonyl (C=O) groups is 1. The minimum absolute atomic E-state index is 0.00681. The third kappa shape index (κ3) is 2.46. The van der Waals surface area contributed by atoms with E-state index >= 15 is 0 Å². The van der Waals surface area contributed by atoms with E-state index in [4.69, 9.17) is 0 Å². The number of amides is 1. The summed E-state index contributed by atoms with van der Waals surface area (Å²) in [4.78, 5) is 12.5. The van der Waals surface area contributed by atoms with Crippen molar-refractivity contribution < 1.29 is 4.79 Å². The summed E-state index contributed by atoms with van der Waals surface area (Å²) in [7, 11) is 0. The van der Waals surface area contributed by atoms with Crippen molar-refractivity contribution in [1.82, 2.24) is 5.32 Å². The lowest BCUT2D eigenvalue weighted by Gasteiger charge is -2.35. The van der Waals surface area contributed by atoms with Crippen molar-refractivity contribution in [1.29, 1.82) is 0 Å². The largest absolute Gasteiger partial charge is 0.384 e. The summed E-state index contributed by atoms with van der Waals surface area (Å²) >= 11 is 0. The van der Waals surface area contributed by atoms with Crippen molar-refractivity contribution in [3.8, 4) is 0 Å². The van der Waals surface area contributed by atoms with Crippen LogP contribution in [0.5, 0.6) is 0 Å². The van der Waals surface area contributed by atoms with Crippen molar-refractivity contribution in [3.05, 3.63) is 29.8 Å². The van der Waals surface area contributed by atoms with Crippen LogP contribution in [-0.4, -0.2) is 18.0 Å². The molecular formula is C16H22N2O. The molecule has 19 heavy (non-hydrogen) atoms. The average molecular weight is 258 g/mol. The van der Waals surface area contributed by atoms with Gasteiger partial charge in [-0.25, -0.2) is 0 Å². The maximum atomic E-state index is 12.5. The van der Waals surface area contributed by atoms with Gasteiger partial charge in [0.2, 0.25) is 5.91 Å². The van der Waals surface area contributed by atoms with Crippen LogP contribution in [0.3, 0.4) is 0 Å². The Bertz CT molecular complexity index is 477. The van der Waals surface area contributed by atoms with E-state index in [9.17, 15) is 4.79 Å². The number of benzene rings is 1. The van der Waals surface area contributed by atoms with Crippen molar-refractivity contribution in [2.75, 3.05) is 11.9 Å². The Kier molecular flexibility index (Phi) is 3.21. The molecule has 1 atom stereocenters. The first-order valence-corrected chi connectivity index (χ1v) is 7.33. The second-order valence-corrected chi connectivity index (χ2v) is 6.13. The zero-order valence-electron chi connectivity index (χ0n) is 11.5. The van der Waals surface area contributed by atoms with Gasteiger partial charge in [0.05, 0.1) is 5.92 Å². The minimum Gasteiger partial charge on any atom is -0.384 e. The number of fused-ring (bicyclic) bond motifs is 1. The van der Waals surface area contributed by atoms with E-state index in [0.29, 0.717) is 0 Å². The van der Waals surface area contributed by atoms with Crippen LogP contribution in [0.25, 0.3) is 0 Å². The minimum atomic E-state index is -0.0325. The molecule has 0 radical (unpaired) electrons. The summed E-state index contributed by atoms with van der Waals surface area (Å²) in [5.74, 6) is 0.150. The maximum Gasteiger partial charge on any atom is 0.229 e. The number of para-hydroxylation sites is 1. The summed E-state index contributed by atoms with van der Waals surface area (Å²) < 4.78 is 0. The van der Waals surface area contributed by atoms with Gasteiger partial charge in [-0.2, -0.15) is 0 Å². The Balaban J connectivity index is 1.72. The number of anilines is 1. The van der Waals surface area contributed by atoms with E-state index in [1.807, 2.05) is 18.2 Å². The topological polar surface area (TPSA) is 41.1 Å². The fourth-order valence-corrected chi connectivity index (χ4v) is 3.36. The fourth-order valence-electron chi connectivity index (χ4n) is 3.36. The molecule has 1 saturated carbocycles. The Morgan fingerprint density at radius 2 is 2.00 bits per heavy atom. The van der Waals surface area contributed by atoms with Crippen LogP contribution in [0.4, 0.5) is 5.69 Å². The first-order chi connectivity index (χ1) is 9.18. The summed E-state index contributed by atoms with van der Waals surface area (Å²) in [6.45, 7) is 2.92. The molecule has 3 rings (SSSR count). The van der Waals surface area contributed by atoms with Crippen LogP contribution in [0.1, 0.15) is 50.5 Å². The van der Waals surface area contributed by atoms with Gasteiger partial charge in [-0.05, 0) is 31.4 Å². The van der Waals surface area contributed by atoms with Gasteiger partial charge in [0.25, 0.3) is 0 Å². The van der Waals surface area contributed by atoms with E-state index in [1.165, 1.54) is 19.3 Å². The fraction of sp³-hybridized carbons (Fsp3) is 0.562. The molecule has 1 aliphatic carbocycles. The molecule has 1 aromatic carbocycles. The van der Waals surface area contributed by atoms with Gasteiger partial charge >= 0.3 is 0 Å². The molecule has 0 spiro atoms. The maximum absolute atomic E-state index is 12.5. The Labute approximate surface area is 114 Å². The van der Waals surface area contributed by atoms with Gasteiger partial charge in [-0.3, -0.25) is 4.79 Å². The van der Waals surface area contributed by atoms with Crippen LogP contribution < -0.4 is 10.6 Å². The van der Waals surface area contributed by atoms with Gasteiger partial charge in [0.1, 0.15) is 0 Å². The van der Waals surface area contributed by atoms with Gasteiger partial charge < -0.3 is 10.6 Å². The highest BCUT2D eigenvalue weighted by Gasteiger charge is 2.34. The van der Waals surface area contributed by atoms with Crippen molar-refractivity contribution in [2.45, 2.75) is 50.5 Å². The Morgan fingerprint density at radius 3 is 2.79 bits per heavy atom. The smallest absolute Gasteiger partial charge is 0.229 e. The molecule has 3 nitrogen and oxygen atoms in total. The van der Waals surface area contributed by atoms with E-state index in [2.05, 4.69) is 23.6 Å². The van der Waals surface area contributed by atoms with E-state index < -0.39 is 0 Å². The molecule has 3 heteroatoms. The van der Waals surface area contributed by atoms with E-state index in [-0.39, 0.29) is 17.4 Å². The number of nitrogens with one attached hydrogen (secondary N) is 2.